The molecule has 37 heavy (non-hydrogen) atoms. The van der Waals surface area contributed by atoms with Gasteiger partial charge < -0.3 is 30.8 Å². The molecule has 0 aliphatic carbocycles. The predicted molar refractivity (Wildman–Crippen MR) is 134 cm³/mol. The Bertz CT molecular complexity index is 1270. The maximum absolute atomic E-state index is 13.5. The third-order valence-corrected chi connectivity index (χ3v) is 6.07. The summed E-state index contributed by atoms with van der Waals surface area (Å²) >= 11 is 0. The Morgan fingerprint density at radius 3 is 2.35 bits per heavy atom. The van der Waals surface area contributed by atoms with Crippen LogP contribution in [0.4, 0.5) is 25.8 Å². The molecule has 0 saturated carbocycles. The van der Waals surface area contributed by atoms with Crippen molar-refractivity contribution in [2.45, 2.75) is 31.2 Å². The van der Waals surface area contributed by atoms with Gasteiger partial charge in [0.15, 0.2) is 6.10 Å². The molecule has 0 radical (unpaired) electrons. The quantitative estimate of drug-likeness (QED) is 0.366. The molecule has 3 aromatic rings. The fraction of sp³-hybridized carbons (Fsp3) is 0.222. The number of carbonyl (C=O) groups excluding carboxylic acids is 3. The third-order valence-electron chi connectivity index (χ3n) is 6.07. The van der Waals surface area contributed by atoms with E-state index < -0.39 is 47.7 Å². The molecule has 192 valence electrons. The summed E-state index contributed by atoms with van der Waals surface area (Å²) in [5.41, 5.74) is 2.11. The topological polar surface area (TPSA) is 111 Å². The normalized spacial score (nSPS) is 18.4. The minimum Gasteiger partial charge on any atom is -0.378 e. The van der Waals surface area contributed by atoms with Crippen molar-refractivity contribution in [3.05, 3.63) is 90.0 Å². The van der Waals surface area contributed by atoms with Gasteiger partial charge >= 0.3 is 0 Å². The van der Waals surface area contributed by atoms with Gasteiger partial charge in [0, 0.05) is 18.3 Å². The van der Waals surface area contributed by atoms with Gasteiger partial charge in [-0.1, -0.05) is 30.3 Å². The van der Waals surface area contributed by atoms with Gasteiger partial charge in [0.1, 0.15) is 30.0 Å². The Morgan fingerprint density at radius 2 is 1.68 bits per heavy atom. The number of aldehydes is 1. The summed E-state index contributed by atoms with van der Waals surface area (Å²) in [6.45, 7) is 1.64. The molecule has 0 fully saturated rings. The van der Waals surface area contributed by atoms with Gasteiger partial charge in [0.05, 0.1) is 17.4 Å². The highest BCUT2D eigenvalue weighted by Gasteiger charge is 2.32. The minimum atomic E-state index is -1.88. The fourth-order valence-corrected chi connectivity index (χ4v) is 4.19. The molecule has 1 heterocycles. The highest BCUT2D eigenvalue weighted by Crippen LogP contribution is 2.35. The number of rotatable bonds is 7. The molecule has 1 aliphatic heterocycles. The van der Waals surface area contributed by atoms with Crippen LogP contribution in [0.2, 0.25) is 0 Å². The number of benzene rings is 3. The van der Waals surface area contributed by atoms with E-state index in [2.05, 4.69) is 16.0 Å². The van der Waals surface area contributed by atoms with Crippen LogP contribution in [0.25, 0.3) is 0 Å². The fourth-order valence-electron chi connectivity index (χ4n) is 4.19. The number of aliphatic hydroxyl groups is 1. The lowest BCUT2D eigenvalue weighted by atomic mass is 10.1. The van der Waals surface area contributed by atoms with Crippen LogP contribution in [0.3, 0.4) is 0 Å². The average molecular weight is 509 g/mol. The van der Waals surface area contributed by atoms with E-state index in [0.717, 1.165) is 23.5 Å². The zero-order valence-corrected chi connectivity index (χ0v) is 19.9. The molecule has 3 aromatic carbocycles. The molecule has 1 aliphatic rings. The standard InChI is InChI=1S/C27H26F2N4O4/c1-16(30-27(37)25(35)17-11-18(28)13-19(29)12-17)26(36)32-22-14-33(20-7-3-2-4-8-20)24-10-6-5-9-21(24)31-23(22)15-34/h2-13,15-16,22-23,25,31,35H,14H2,1H3,(H,30,37)(H,32,36)/t16-,22?,23?,25?/m0/s1. The molecule has 10 heteroatoms. The summed E-state index contributed by atoms with van der Waals surface area (Å²) in [4.78, 5) is 39.5. The smallest absolute Gasteiger partial charge is 0.254 e. The largest absolute Gasteiger partial charge is 0.378 e. The molecule has 8 nitrogen and oxygen atoms in total. The summed E-state index contributed by atoms with van der Waals surface area (Å²) < 4.78 is 26.9. The van der Waals surface area contributed by atoms with Crippen molar-refractivity contribution in [3.8, 4) is 0 Å². The number of fused-ring (bicyclic) bond motifs is 1. The zero-order valence-electron chi connectivity index (χ0n) is 19.9. The van der Waals surface area contributed by atoms with E-state index in [1.165, 1.54) is 6.92 Å². The van der Waals surface area contributed by atoms with E-state index in [4.69, 9.17) is 0 Å². The lowest BCUT2D eigenvalue weighted by Gasteiger charge is -2.29. The summed E-state index contributed by atoms with van der Waals surface area (Å²) in [5.74, 6) is -3.50. The van der Waals surface area contributed by atoms with Crippen molar-refractivity contribution in [1.29, 1.82) is 0 Å². The van der Waals surface area contributed by atoms with Gasteiger partial charge in [0.2, 0.25) is 5.91 Å². The van der Waals surface area contributed by atoms with E-state index in [1.807, 2.05) is 59.5 Å². The molecule has 4 N–H and O–H groups in total. The van der Waals surface area contributed by atoms with Gasteiger partial charge in [-0.3, -0.25) is 9.59 Å². The summed E-state index contributed by atoms with van der Waals surface area (Å²) in [5, 5.41) is 18.6. The number of anilines is 3. The van der Waals surface area contributed by atoms with E-state index in [9.17, 15) is 28.3 Å². The van der Waals surface area contributed by atoms with Gasteiger partial charge in [-0.05, 0) is 48.9 Å². The first kappa shape index (κ1) is 25.8. The Hall–Kier alpha value is -4.31. The van der Waals surface area contributed by atoms with Crippen LogP contribution in [-0.2, 0) is 14.4 Å². The van der Waals surface area contributed by atoms with Crippen LogP contribution in [0.5, 0.6) is 0 Å². The first-order chi connectivity index (χ1) is 17.8. The monoisotopic (exact) mass is 508 g/mol. The molecule has 4 atom stereocenters. The molecule has 4 rings (SSSR count). The Morgan fingerprint density at radius 1 is 1.03 bits per heavy atom. The van der Waals surface area contributed by atoms with Crippen molar-refractivity contribution in [3.63, 3.8) is 0 Å². The first-order valence-corrected chi connectivity index (χ1v) is 11.6. The second-order valence-electron chi connectivity index (χ2n) is 8.72. The molecule has 0 aromatic heterocycles. The lowest BCUT2D eigenvalue weighted by molar-refractivity contribution is -0.134. The number of aliphatic hydroxyl groups excluding tert-OH is 1. The van der Waals surface area contributed by atoms with E-state index >= 15 is 0 Å². The third kappa shape index (κ3) is 5.92. The van der Waals surface area contributed by atoms with Crippen molar-refractivity contribution >= 4 is 35.2 Å². The highest BCUT2D eigenvalue weighted by atomic mass is 19.1. The second kappa shape index (κ2) is 11.2. The van der Waals surface area contributed by atoms with Gasteiger partial charge in [-0.25, -0.2) is 8.78 Å². The molecular formula is C27H26F2N4O4. The molecular weight excluding hydrogens is 482 g/mol. The molecule has 0 saturated heterocycles. The van der Waals surface area contributed by atoms with Crippen LogP contribution >= 0.6 is 0 Å². The number of nitrogens with zero attached hydrogens (tertiary/aromatic N) is 1. The van der Waals surface area contributed by atoms with Crippen LogP contribution in [0, 0.1) is 11.6 Å². The summed E-state index contributed by atoms with van der Waals surface area (Å²) in [6, 6.07) is 16.6. The SMILES string of the molecule is C[C@H](NC(=O)C(O)c1cc(F)cc(F)c1)C(=O)NC1CN(c2ccccc2)c2ccccc2NC1C=O. The maximum atomic E-state index is 13.5. The second-order valence-corrected chi connectivity index (χ2v) is 8.72. The molecule has 3 unspecified atom stereocenters. The number of carbonyl (C=O) groups is 3. The molecule has 0 spiro atoms. The minimum absolute atomic E-state index is 0.245. The first-order valence-electron chi connectivity index (χ1n) is 11.6. The number of hydrogen-bond donors (Lipinski definition) is 4. The van der Waals surface area contributed by atoms with Crippen LogP contribution in [0.1, 0.15) is 18.6 Å². The summed E-state index contributed by atoms with van der Waals surface area (Å²) in [6.07, 6.45) is -1.17. The van der Waals surface area contributed by atoms with E-state index in [1.54, 1.807) is 0 Å². The van der Waals surface area contributed by atoms with E-state index in [-0.39, 0.29) is 12.1 Å². The van der Waals surface area contributed by atoms with Gasteiger partial charge in [0.25, 0.3) is 5.91 Å². The summed E-state index contributed by atoms with van der Waals surface area (Å²) in [7, 11) is 0. The highest BCUT2D eigenvalue weighted by molar-refractivity contribution is 5.90. The Labute approximate surface area is 212 Å². The van der Waals surface area contributed by atoms with Crippen molar-refractivity contribution in [1.82, 2.24) is 10.6 Å². The number of hydrogen-bond acceptors (Lipinski definition) is 6. The van der Waals surface area contributed by atoms with Gasteiger partial charge in [-0.15, -0.1) is 0 Å². The number of nitrogens with one attached hydrogen (secondary N) is 3. The Kier molecular flexibility index (Phi) is 7.78. The predicted octanol–water partition coefficient (Wildman–Crippen LogP) is 2.82. The van der Waals surface area contributed by atoms with Crippen molar-refractivity contribution in [2.24, 2.45) is 0 Å². The van der Waals surface area contributed by atoms with E-state index in [0.29, 0.717) is 18.0 Å². The Balaban J connectivity index is 1.50. The average Bonchev–Trinajstić information content (AvgIpc) is 3.04. The van der Waals surface area contributed by atoms with Crippen LogP contribution in [-0.4, -0.2) is 47.9 Å². The van der Waals surface area contributed by atoms with Crippen LogP contribution < -0.4 is 20.9 Å². The molecule has 2 amide bonds. The maximum Gasteiger partial charge on any atom is 0.254 e. The zero-order chi connectivity index (χ0) is 26.5. The number of para-hydroxylation sites is 3. The van der Waals surface area contributed by atoms with Crippen molar-refractivity contribution < 1.29 is 28.3 Å². The van der Waals surface area contributed by atoms with Gasteiger partial charge in [-0.2, -0.15) is 0 Å². The lowest BCUT2D eigenvalue weighted by Crippen LogP contribution is -2.56. The van der Waals surface area contributed by atoms with Crippen molar-refractivity contribution in [2.75, 3.05) is 16.8 Å². The molecule has 0 bridgehead atoms. The number of halogens is 2. The number of amides is 2. The van der Waals surface area contributed by atoms with Crippen LogP contribution in [0.15, 0.2) is 72.8 Å².